The maximum Gasteiger partial charge on any atom is 0.144 e. The van der Waals surface area contributed by atoms with Crippen LogP contribution >= 0.6 is 0 Å². The summed E-state index contributed by atoms with van der Waals surface area (Å²) >= 11 is 0. The van der Waals surface area contributed by atoms with E-state index in [0.29, 0.717) is 18.2 Å². The Bertz CT molecular complexity index is 440. The van der Waals surface area contributed by atoms with Gasteiger partial charge in [0.1, 0.15) is 12.4 Å². The number of nitriles is 1. The summed E-state index contributed by atoms with van der Waals surface area (Å²) in [6.45, 7) is 0.822. The van der Waals surface area contributed by atoms with Crippen molar-refractivity contribution in [3.05, 3.63) is 23.8 Å². The molecule has 0 saturated carbocycles. The van der Waals surface area contributed by atoms with E-state index in [-0.39, 0.29) is 6.61 Å². The highest BCUT2D eigenvalue weighted by Crippen LogP contribution is 2.34. The number of aliphatic hydroxyl groups excluding tert-OH is 1. The Hall–Kier alpha value is -1.73. The second kappa shape index (κ2) is 5.07. The molecule has 0 aromatic heterocycles. The Morgan fingerprint density at radius 1 is 1.59 bits per heavy atom. The lowest BCUT2D eigenvalue weighted by molar-refractivity contribution is 0.236. The summed E-state index contributed by atoms with van der Waals surface area (Å²) < 4.78 is 5.67. The van der Waals surface area contributed by atoms with Crippen LogP contribution in [0.4, 0.5) is 5.69 Å². The Morgan fingerprint density at radius 3 is 3.12 bits per heavy atom. The Morgan fingerprint density at radius 2 is 2.41 bits per heavy atom. The molecule has 0 spiro atoms. The topological polar surface area (TPSA) is 56.5 Å². The lowest BCUT2D eigenvalue weighted by Gasteiger charge is -2.35. The third kappa shape index (κ3) is 2.34. The van der Waals surface area contributed by atoms with Crippen LogP contribution in [-0.4, -0.2) is 31.4 Å². The van der Waals surface area contributed by atoms with Gasteiger partial charge in [-0.25, -0.2) is 0 Å². The van der Waals surface area contributed by atoms with Crippen molar-refractivity contribution in [1.29, 1.82) is 5.26 Å². The summed E-state index contributed by atoms with van der Waals surface area (Å²) in [5.41, 5.74) is 1.63. The number of hydrogen-bond acceptors (Lipinski definition) is 4. The van der Waals surface area contributed by atoms with Crippen molar-refractivity contribution in [3.63, 3.8) is 0 Å². The number of rotatable bonds is 3. The highest BCUT2D eigenvalue weighted by atomic mass is 16.5. The number of anilines is 1. The minimum atomic E-state index is 0.213. The summed E-state index contributed by atoms with van der Waals surface area (Å²) in [4.78, 5) is 2.16. The average molecular weight is 232 g/mol. The summed E-state index contributed by atoms with van der Waals surface area (Å²) in [6, 6.07) is 7.89. The van der Waals surface area contributed by atoms with Crippen LogP contribution in [0.25, 0.3) is 0 Å². The quantitative estimate of drug-likeness (QED) is 0.858. The van der Waals surface area contributed by atoms with Crippen LogP contribution < -0.4 is 9.64 Å². The molecular weight excluding hydrogens is 216 g/mol. The van der Waals surface area contributed by atoms with Gasteiger partial charge < -0.3 is 14.7 Å². The second-order valence-corrected chi connectivity index (χ2v) is 4.24. The number of likely N-dealkylation sites (N-methyl/N-ethyl adjacent to an activating group) is 1. The molecule has 90 valence electrons. The highest BCUT2D eigenvalue weighted by Gasteiger charge is 2.24. The highest BCUT2D eigenvalue weighted by molar-refractivity contribution is 5.62. The third-order valence-corrected chi connectivity index (χ3v) is 3.14. The van der Waals surface area contributed by atoms with Crippen LogP contribution in [0, 0.1) is 11.3 Å². The number of hydrogen-bond donors (Lipinski definition) is 1. The van der Waals surface area contributed by atoms with Gasteiger partial charge in [0, 0.05) is 19.7 Å². The SMILES string of the molecule is CN1c2ccc(C#N)cc2OCC1CCCO. The van der Waals surface area contributed by atoms with Gasteiger partial charge in [-0.15, -0.1) is 0 Å². The van der Waals surface area contributed by atoms with E-state index >= 15 is 0 Å². The zero-order valence-corrected chi connectivity index (χ0v) is 9.89. The van der Waals surface area contributed by atoms with Gasteiger partial charge in [0.2, 0.25) is 0 Å². The Balaban J connectivity index is 2.19. The van der Waals surface area contributed by atoms with Gasteiger partial charge in [0.25, 0.3) is 0 Å². The molecule has 0 radical (unpaired) electrons. The van der Waals surface area contributed by atoms with Crippen LogP contribution in [0.2, 0.25) is 0 Å². The molecular formula is C13H16N2O2. The van der Waals surface area contributed by atoms with Crippen molar-refractivity contribution in [1.82, 2.24) is 0 Å². The molecule has 0 aliphatic carbocycles. The lowest BCUT2D eigenvalue weighted by atomic mass is 10.1. The van der Waals surface area contributed by atoms with Crippen LogP contribution in [0.15, 0.2) is 18.2 Å². The van der Waals surface area contributed by atoms with E-state index in [1.165, 1.54) is 0 Å². The molecule has 1 aromatic carbocycles. The monoisotopic (exact) mass is 232 g/mol. The molecule has 1 aromatic rings. The van der Waals surface area contributed by atoms with Crippen molar-refractivity contribution in [2.75, 3.05) is 25.2 Å². The molecule has 0 bridgehead atoms. The molecule has 1 aliphatic heterocycles. The minimum Gasteiger partial charge on any atom is -0.489 e. The van der Waals surface area contributed by atoms with Gasteiger partial charge in [-0.05, 0) is 25.0 Å². The number of nitrogens with zero attached hydrogens (tertiary/aromatic N) is 2. The van der Waals surface area contributed by atoms with Gasteiger partial charge in [-0.2, -0.15) is 5.26 Å². The van der Waals surface area contributed by atoms with Crippen LogP contribution in [0.5, 0.6) is 5.75 Å². The van der Waals surface area contributed by atoms with Crippen molar-refractivity contribution in [3.8, 4) is 11.8 Å². The zero-order chi connectivity index (χ0) is 12.3. The van der Waals surface area contributed by atoms with Gasteiger partial charge in [0.15, 0.2) is 0 Å². The predicted octanol–water partition coefficient (Wildman–Crippen LogP) is 1.53. The van der Waals surface area contributed by atoms with Gasteiger partial charge >= 0.3 is 0 Å². The molecule has 1 heterocycles. The molecule has 1 atom stereocenters. The molecule has 17 heavy (non-hydrogen) atoms. The maximum atomic E-state index is 8.85. The molecule has 0 saturated heterocycles. The van der Waals surface area contributed by atoms with Crippen molar-refractivity contribution in [2.45, 2.75) is 18.9 Å². The van der Waals surface area contributed by atoms with Crippen molar-refractivity contribution < 1.29 is 9.84 Å². The fraction of sp³-hybridized carbons (Fsp3) is 0.462. The first-order chi connectivity index (χ1) is 8.26. The van der Waals surface area contributed by atoms with E-state index in [2.05, 4.69) is 11.0 Å². The zero-order valence-electron chi connectivity index (χ0n) is 9.89. The fourth-order valence-electron chi connectivity index (χ4n) is 2.09. The van der Waals surface area contributed by atoms with E-state index < -0.39 is 0 Å². The third-order valence-electron chi connectivity index (χ3n) is 3.14. The fourth-order valence-corrected chi connectivity index (χ4v) is 2.09. The Labute approximate surface area is 101 Å². The molecule has 1 aliphatic rings. The predicted molar refractivity (Wildman–Crippen MR) is 65.2 cm³/mol. The summed E-state index contributed by atoms with van der Waals surface area (Å²) in [5, 5.41) is 17.7. The molecule has 0 fully saturated rings. The molecule has 0 amide bonds. The smallest absolute Gasteiger partial charge is 0.144 e. The van der Waals surface area contributed by atoms with Gasteiger partial charge in [-0.3, -0.25) is 0 Å². The number of ether oxygens (including phenoxy) is 1. The molecule has 2 rings (SSSR count). The number of aliphatic hydroxyl groups is 1. The van der Waals surface area contributed by atoms with Crippen molar-refractivity contribution in [2.24, 2.45) is 0 Å². The molecule has 4 heteroatoms. The van der Waals surface area contributed by atoms with Crippen LogP contribution in [0.1, 0.15) is 18.4 Å². The first-order valence-corrected chi connectivity index (χ1v) is 5.77. The van der Waals surface area contributed by atoms with E-state index in [0.717, 1.165) is 24.3 Å². The standard InChI is InChI=1S/C13H16N2O2/c1-15-11(3-2-6-16)9-17-13-7-10(8-14)4-5-12(13)15/h4-5,7,11,16H,2-3,6,9H2,1H3. The lowest BCUT2D eigenvalue weighted by Crippen LogP contribution is -2.40. The Kier molecular flexibility index (Phi) is 3.50. The maximum absolute atomic E-state index is 8.85. The second-order valence-electron chi connectivity index (χ2n) is 4.24. The summed E-state index contributed by atoms with van der Waals surface area (Å²) in [5.74, 6) is 0.770. The largest absolute Gasteiger partial charge is 0.489 e. The average Bonchev–Trinajstić information content (AvgIpc) is 2.37. The molecule has 1 unspecified atom stereocenters. The first-order valence-electron chi connectivity index (χ1n) is 5.77. The van der Waals surface area contributed by atoms with Gasteiger partial charge in [-0.1, -0.05) is 0 Å². The van der Waals surface area contributed by atoms with Crippen LogP contribution in [0.3, 0.4) is 0 Å². The number of benzene rings is 1. The number of fused-ring (bicyclic) bond motifs is 1. The van der Waals surface area contributed by atoms with E-state index in [1.54, 1.807) is 12.1 Å². The molecule has 4 nitrogen and oxygen atoms in total. The van der Waals surface area contributed by atoms with E-state index in [4.69, 9.17) is 15.1 Å². The van der Waals surface area contributed by atoms with E-state index in [9.17, 15) is 0 Å². The summed E-state index contributed by atoms with van der Waals surface area (Å²) in [7, 11) is 2.02. The van der Waals surface area contributed by atoms with Crippen molar-refractivity contribution >= 4 is 5.69 Å². The normalized spacial score (nSPS) is 18.2. The summed E-state index contributed by atoms with van der Waals surface area (Å²) in [6.07, 6.45) is 1.69. The van der Waals surface area contributed by atoms with Gasteiger partial charge in [0.05, 0.1) is 23.4 Å². The van der Waals surface area contributed by atoms with Crippen LogP contribution in [-0.2, 0) is 0 Å². The molecule has 1 N–H and O–H groups in total. The minimum absolute atomic E-state index is 0.213. The van der Waals surface area contributed by atoms with E-state index in [1.807, 2.05) is 13.1 Å². The first kappa shape index (κ1) is 11.7.